The van der Waals surface area contributed by atoms with Crippen LogP contribution in [0.1, 0.15) is 35.2 Å². The van der Waals surface area contributed by atoms with Gasteiger partial charge in [-0.25, -0.2) is 17.2 Å². The van der Waals surface area contributed by atoms with Gasteiger partial charge >= 0.3 is 0 Å². The summed E-state index contributed by atoms with van der Waals surface area (Å²) in [6, 6.07) is 10.8. The predicted molar refractivity (Wildman–Crippen MR) is 121 cm³/mol. The second kappa shape index (κ2) is 10.3. The van der Waals surface area contributed by atoms with E-state index in [1.54, 1.807) is 24.4 Å². The molecule has 7 nitrogen and oxygen atoms in total. The van der Waals surface area contributed by atoms with Crippen molar-refractivity contribution in [2.45, 2.75) is 30.7 Å². The Bertz CT molecular complexity index is 1280. The number of pyridine rings is 1. The first-order valence-electron chi connectivity index (χ1n) is 10.8. The number of sulfonamides is 1. The standard InChI is InChI=1S/C24H23F2N3O4S/c25-20-8-7-18(14-23(20)34(31,32)29-11-2-1-3-12-29)24(30)28-15-17-6-9-22(21(26)13-17)33-19-5-4-10-27-16-19/h4-10,13-14,16H,1-3,11-12,15H2,(H,28,30). The van der Waals surface area contributed by atoms with Gasteiger partial charge in [-0.3, -0.25) is 9.78 Å². The zero-order valence-corrected chi connectivity index (χ0v) is 19.0. The van der Waals surface area contributed by atoms with Crippen molar-refractivity contribution >= 4 is 15.9 Å². The molecule has 0 atom stereocenters. The van der Waals surface area contributed by atoms with E-state index in [0.29, 0.717) is 37.2 Å². The second-order valence-electron chi connectivity index (χ2n) is 7.85. The van der Waals surface area contributed by atoms with Crippen LogP contribution in [0.4, 0.5) is 8.78 Å². The van der Waals surface area contributed by atoms with E-state index in [0.717, 1.165) is 18.6 Å². The quantitative estimate of drug-likeness (QED) is 0.538. The Labute approximate surface area is 196 Å². The highest BCUT2D eigenvalue weighted by Crippen LogP contribution is 2.25. The van der Waals surface area contributed by atoms with Gasteiger partial charge in [0, 0.05) is 31.4 Å². The van der Waals surface area contributed by atoms with Crippen LogP contribution in [0.5, 0.6) is 11.5 Å². The van der Waals surface area contributed by atoms with Crippen LogP contribution in [0.3, 0.4) is 0 Å². The van der Waals surface area contributed by atoms with E-state index in [9.17, 15) is 22.0 Å². The number of hydrogen-bond donors (Lipinski definition) is 1. The molecule has 1 fully saturated rings. The van der Waals surface area contributed by atoms with Crippen molar-refractivity contribution in [3.05, 3.63) is 83.7 Å². The molecule has 0 aliphatic carbocycles. The first-order chi connectivity index (χ1) is 16.3. The van der Waals surface area contributed by atoms with E-state index >= 15 is 0 Å². The molecule has 1 amide bonds. The fraction of sp³-hybridized carbons (Fsp3) is 0.250. The van der Waals surface area contributed by atoms with Gasteiger partial charge in [-0.15, -0.1) is 0 Å². The third-order valence-corrected chi connectivity index (χ3v) is 7.35. The van der Waals surface area contributed by atoms with Crippen molar-refractivity contribution in [3.8, 4) is 11.5 Å². The zero-order valence-electron chi connectivity index (χ0n) is 18.2. The Morgan fingerprint density at radius 2 is 1.82 bits per heavy atom. The third-order valence-electron chi connectivity index (χ3n) is 5.44. The Hall–Kier alpha value is -3.37. The number of piperidine rings is 1. The first-order valence-corrected chi connectivity index (χ1v) is 12.2. The highest BCUT2D eigenvalue weighted by atomic mass is 32.2. The minimum absolute atomic E-state index is 0.00557. The fourth-order valence-corrected chi connectivity index (χ4v) is 5.25. The van der Waals surface area contributed by atoms with Crippen LogP contribution < -0.4 is 10.1 Å². The Kier molecular flexibility index (Phi) is 7.18. The van der Waals surface area contributed by atoms with Crippen molar-refractivity contribution in [2.24, 2.45) is 0 Å². The van der Waals surface area contributed by atoms with Crippen LogP contribution in [-0.2, 0) is 16.6 Å². The summed E-state index contributed by atoms with van der Waals surface area (Å²) in [5, 5.41) is 2.60. The summed E-state index contributed by atoms with van der Waals surface area (Å²) < 4.78 is 61.2. The van der Waals surface area contributed by atoms with Gasteiger partial charge < -0.3 is 10.1 Å². The molecule has 1 aliphatic rings. The molecule has 0 radical (unpaired) electrons. The molecule has 2 heterocycles. The van der Waals surface area contributed by atoms with Crippen LogP contribution in [0.25, 0.3) is 0 Å². The lowest BCUT2D eigenvalue weighted by Crippen LogP contribution is -2.36. The highest BCUT2D eigenvalue weighted by molar-refractivity contribution is 7.89. The van der Waals surface area contributed by atoms with Gasteiger partial charge in [-0.05, 0) is 60.9 Å². The Morgan fingerprint density at radius 3 is 2.53 bits per heavy atom. The van der Waals surface area contributed by atoms with E-state index in [1.807, 2.05) is 0 Å². The molecule has 0 unspecified atom stereocenters. The number of carbonyl (C=O) groups excluding carboxylic acids is 1. The molecule has 1 N–H and O–H groups in total. The van der Waals surface area contributed by atoms with Gasteiger partial charge in [0.2, 0.25) is 10.0 Å². The molecule has 4 rings (SSSR count). The molecule has 178 valence electrons. The maximum Gasteiger partial charge on any atom is 0.251 e. The topological polar surface area (TPSA) is 88.6 Å². The smallest absolute Gasteiger partial charge is 0.251 e. The van der Waals surface area contributed by atoms with Crippen molar-refractivity contribution in [1.82, 2.24) is 14.6 Å². The van der Waals surface area contributed by atoms with Gasteiger partial charge in [0.05, 0.1) is 6.20 Å². The summed E-state index contributed by atoms with van der Waals surface area (Å²) in [5.74, 6) is -1.74. The number of hydrogen-bond acceptors (Lipinski definition) is 5. The van der Waals surface area contributed by atoms with E-state index in [4.69, 9.17) is 4.74 Å². The number of amides is 1. The number of carbonyl (C=O) groups is 1. The molecule has 3 aromatic rings. The molecule has 1 aromatic heterocycles. The molecule has 34 heavy (non-hydrogen) atoms. The van der Waals surface area contributed by atoms with Crippen LogP contribution in [-0.4, -0.2) is 36.7 Å². The number of nitrogens with one attached hydrogen (secondary N) is 1. The third kappa shape index (κ3) is 5.40. The molecule has 1 saturated heterocycles. The number of benzene rings is 2. The number of halogens is 2. The van der Waals surface area contributed by atoms with Crippen molar-refractivity contribution in [2.75, 3.05) is 13.1 Å². The number of rotatable bonds is 7. The van der Waals surface area contributed by atoms with E-state index in [-0.39, 0.29) is 17.9 Å². The minimum Gasteiger partial charge on any atom is -0.453 e. The molecular weight excluding hydrogens is 464 g/mol. The lowest BCUT2D eigenvalue weighted by molar-refractivity contribution is 0.0950. The molecule has 0 spiro atoms. The second-order valence-corrected chi connectivity index (χ2v) is 9.75. The van der Waals surface area contributed by atoms with Gasteiger partial charge in [0.1, 0.15) is 16.5 Å². The van der Waals surface area contributed by atoms with Crippen LogP contribution >= 0.6 is 0 Å². The normalized spacial score (nSPS) is 14.5. The van der Waals surface area contributed by atoms with Gasteiger partial charge in [0.15, 0.2) is 11.6 Å². The molecule has 0 bridgehead atoms. The maximum atomic E-state index is 14.4. The van der Waals surface area contributed by atoms with Crippen LogP contribution in [0.15, 0.2) is 65.8 Å². The molecule has 0 saturated carbocycles. The highest BCUT2D eigenvalue weighted by Gasteiger charge is 2.29. The van der Waals surface area contributed by atoms with E-state index < -0.39 is 32.5 Å². The minimum atomic E-state index is -4.04. The van der Waals surface area contributed by atoms with Crippen molar-refractivity contribution in [1.29, 1.82) is 0 Å². The lowest BCUT2D eigenvalue weighted by atomic mass is 10.1. The summed E-state index contributed by atoms with van der Waals surface area (Å²) in [5.41, 5.74) is 0.460. The number of aromatic nitrogens is 1. The van der Waals surface area contributed by atoms with E-state index in [1.165, 1.54) is 28.7 Å². The summed E-state index contributed by atoms with van der Waals surface area (Å²) in [6.45, 7) is 0.628. The van der Waals surface area contributed by atoms with Gasteiger partial charge in [-0.1, -0.05) is 12.5 Å². The van der Waals surface area contributed by atoms with Crippen molar-refractivity contribution in [3.63, 3.8) is 0 Å². The van der Waals surface area contributed by atoms with Gasteiger partial charge in [-0.2, -0.15) is 4.31 Å². The largest absolute Gasteiger partial charge is 0.453 e. The lowest BCUT2D eigenvalue weighted by Gasteiger charge is -2.26. The fourth-order valence-electron chi connectivity index (χ4n) is 3.64. The Balaban J connectivity index is 1.44. The SMILES string of the molecule is O=C(NCc1ccc(Oc2cccnc2)c(F)c1)c1ccc(F)c(S(=O)(=O)N2CCCCC2)c1. The molecule has 2 aromatic carbocycles. The van der Waals surface area contributed by atoms with E-state index in [2.05, 4.69) is 10.3 Å². The number of ether oxygens (including phenoxy) is 1. The molecule has 1 aliphatic heterocycles. The average molecular weight is 488 g/mol. The average Bonchev–Trinajstić information content (AvgIpc) is 2.85. The van der Waals surface area contributed by atoms with Crippen LogP contribution in [0, 0.1) is 11.6 Å². The summed E-state index contributed by atoms with van der Waals surface area (Å²) in [6.07, 6.45) is 5.37. The Morgan fingerprint density at radius 1 is 1.03 bits per heavy atom. The first kappa shape index (κ1) is 23.8. The molecular formula is C24H23F2N3O4S. The van der Waals surface area contributed by atoms with Gasteiger partial charge in [0.25, 0.3) is 5.91 Å². The number of nitrogens with zero attached hydrogens (tertiary/aromatic N) is 2. The van der Waals surface area contributed by atoms with Crippen molar-refractivity contribution < 1.29 is 26.7 Å². The monoisotopic (exact) mass is 487 g/mol. The summed E-state index contributed by atoms with van der Waals surface area (Å²) >= 11 is 0. The summed E-state index contributed by atoms with van der Waals surface area (Å²) in [7, 11) is -4.04. The molecule has 10 heteroatoms. The van der Waals surface area contributed by atoms with Crippen LogP contribution in [0.2, 0.25) is 0 Å². The zero-order chi connectivity index (χ0) is 24.1. The predicted octanol–water partition coefficient (Wildman–Crippen LogP) is 4.26. The maximum absolute atomic E-state index is 14.4. The summed E-state index contributed by atoms with van der Waals surface area (Å²) in [4.78, 5) is 16.0.